The van der Waals surface area contributed by atoms with E-state index >= 15 is 0 Å². The van der Waals surface area contributed by atoms with Gasteiger partial charge in [-0.3, -0.25) is 4.68 Å². The number of hydrogen-bond donors (Lipinski definition) is 1. The molecule has 2 aliphatic rings. The van der Waals surface area contributed by atoms with Crippen LogP contribution in [0.1, 0.15) is 49.3 Å². The summed E-state index contributed by atoms with van der Waals surface area (Å²) in [5.41, 5.74) is 1.18. The third-order valence-corrected chi connectivity index (χ3v) is 5.43. The second-order valence-electron chi connectivity index (χ2n) is 7.19. The van der Waals surface area contributed by atoms with Crippen LogP contribution < -0.4 is 5.32 Å². The molecule has 0 radical (unpaired) electrons. The highest BCUT2D eigenvalue weighted by Crippen LogP contribution is 2.41. The van der Waals surface area contributed by atoms with Crippen molar-refractivity contribution in [3.8, 4) is 0 Å². The molecule has 2 fully saturated rings. The quantitative estimate of drug-likeness (QED) is 0.884. The van der Waals surface area contributed by atoms with Crippen LogP contribution >= 0.6 is 0 Å². The molecule has 3 atom stereocenters. The first-order chi connectivity index (χ1) is 11.7. The van der Waals surface area contributed by atoms with Gasteiger partial charge in [0.2, 0.25) is 0 Å². The molecule has 3 heterocycles. The number of ether oxygens (including phenoxy) is 1. The zero-order chi connectivity index (χ0) is 16.5. The molecule has 1 unspecified atom stereocenters. The van der Waals surface area contributed by atoms with Crippen LogP contribution in [0.5, 0.6) is 0 Å². The molecule has 1 N–H and O–H groups in total. The number of nitrogens with one attached hydrogen (secondary N) is 1. The number of rotatable bonds is 6. The molecular formula is C18H27N5O. The van der Waals surface area contributed by atoms with Gasteiger partial charge in [-0.05, 0) is 37.7 Å². The Morgan fingerprint density at radius 2 is 2.17 bits per heavy atom. The average Bonchev–Trinajstić information content (AvgIpc) is 3.21. The monoisotopic (exact) mass is 329 g/mol. The minimum absolute atomic E-state index is 0.139. The first-order valence-electron chi connectivity index (χ1n) is 9.04. The summed E-state index contributed by atoms with van der Waals surface area (Å²) in [6, 6.07) is 2.44. The van der Waals surface area contributed by atoms with Gasteiger partial charge in [0.05, 0.1) is 11.7 Å². The summed E-state index contributed by atoms with van der Waals surface area (Å²) >= 11 is 0. The molecule has 130 valence electrons. The Balaban J connectivity index is 1.46. The maximum absolute atomic E-state index is 6.12. The molecule has 6 heteroatoms. The summed E-state index contributed by atoms with van der Waals surface area (Å²) in [4.78, 5) is 4.58. The molecule has 1 saturated heterocycles. The molecular weight excluding hydrogens is 302 g/mol. The van der Waals surface area contributed by atoms with Gasteiger partial charge in [0, 0.05) is 51.8 Å². The van der Waals surface area contributed by atoms with Crippen molar-refractivity contribution in [2.75, 3.05) is 13.2 Å². The van der Waals surface area contributed by atoms with Crippen molar-refractivity contribution in [3.05, 3.63) is 36.2 Å². The van der Waals surface area contributed by atoms with Crippen molar-refractivity contribution in [2.24, 2.45) is 25.9 Å². The first kappa shape index (κ1) is 15.8. The van der Waals surface area contributed by atoms with Gasteiger partial charge in [0.25, 0.3) is 0 Å². The third-order valence-electron chi connectivity index (χ3n) is 5.43. The lowest BCUT2D eigenvalue weighted by Gasteiger charge is -2.33. The van der Waals surface area contributed by atoms with E-state index in [0.29, 0.717) is 12.0 Å². The summed E-state index contributed by atoms with van der Waals surface area (Å²) in [5, 5.41) is 8.13. The van der Waals surface area contributed by atoms with Crippen LogP contribution in [0.15, 0.2) is 24.7 Å². The summed E-state index contributed by atoms with van der Waals surface area (Å²) in [7, 11) is 4.08. The van der Waals surface area contributed by atoms with Crippen molar-refractivity contribution < 1.29 is 4.74 Å². The number of hydrogen-bond acceptors (Lipinski definition) is 4. The predicted molar refractivity (Wildman–Crippen MR) is 91.3 cm³/mol. The molecule has 4 rings (SSSR count). The predicted octanol–water partition coefficient (Wildman–Crippen LogP) is 2.36. The number of aryl methyl sites for hydroxylation is 2. The van der Waals surface area contributed by atoms with Gasteiger partial charge < -0.3 is 14.6 Å². The highest BCUT2D eigenvalue weighted by molar-refractivity contribution is 5.08. The van der Waals surface area contributed by atoms with E-state index in [0.717, 1.165) is 31.3 Å². The second kappa shape index (κ2) is 6.69. The van der Waals surface area contributed by atoms with E-state index in [1.807, 2.05) is 30.3 Å². The van der Waals surface area contributed by atoms with E-state index in [1.165, 1.54) is 25.0 Å². The summed E-state index contributed by atoms with van der Waals surface area (Å²) in [5.74, 6) is 2.37. The standard InChI is InChI=1S/C18H27N5O/c1-22-10-9-19-18(22)16(13-5-6-13)20-12-14-4-3-11-24-17(14)15-7-8-21-23(15)2/h7-10,13-14,16-17,20H,3-6,11-12H2,1-2H3/t14-,16?,17+/m0/s1. The molecule has 2 aromatic rings. The fourth-order valence-corrected chi connectivity index (χ4v) is 3.90. The summed E-state index contributed by atoms with van der Waals surface area (Å²) in [6.45, 7) is 1.81. The normalized spacial score (nSPS) is 25.8. The van der Waals surface area contributed by atoms with Crippen LogP contribution in [0.2, 0.25) is 0 Å². The summed E-state index contributed by atoms with van der Waals surface area (Å²) < 4.78 is 10.2. The second-order valence-corrected chi connectivity index (χ2v) is 7.19. The Hall–Kier alpha value is -1.66. The van der Waals surface area contributed by atoms with Gasteiger partial charge in [0.15, 0.2) is 0 Å². The lowest BCUT2D eigenvalue weighted by Crippen LogP contribution is -2.36. The van der Waals surface area contributed by atoms with Gasteiger partial charge in [-0.15, -0.1) is 0 Å². The lowest BCUT2D eigenvalue weighted by molar-refractivity contribution is -0.0332. The topological polar surface area (TPSA) is 56.9 Å². The van der Waals surface area contributed by atoms with Gasteiger partial charge in [-0.25, -0.2) is 4.98 Å². The Labute approximate surface area is 143 Å². The molecule has 0 aromatic carbocycles. The van der Waals surface area contributed by atoms with E-state index in [1.54, 1.807) is 0 Å². The first-order valence-corrected chi connectivity index (χ1v) is 9.04. The van der Waals surface area contributed by atoms with Crippen LogP contribution in [-0.4, -0.2) is 32.5 Å². The maximum Gasteiger partial charge on any atom is 0.125 e. The molecule has 0 bridgehead atoms. The van der Waals surface area contributed by atoms with Crippen LogP contribution in [0.3, 0.4) is 0 Å². The van der Waals surface area contributed by atoms with E-state index in [-0.39, 0.29) is 6.10 Å². The van der Waals surface area contributed by atoms with E-state index < -0.39 is 0 Å². The largest absolute Gasteiger partial charge is 0.372 e. The van der Waals surface area contributed by atoms with Crippen molar-refractivity contribution in [1.82, 2.24) is 24.6 Å². The highest BCUT2D eigenvalue weighted by atomic mass is 16.5. The number of nitrogens with zero attached hydrogens (tertiary/aromatic N) is 4. The van der Waals surface area contributed by atoms with E-state index in [4.69, 9.17) is 4.74 Å². The van der Waals surface area contributed by atoms with Gasteiger partial charge >= 0.3 is 0 Å². The van der Waals surface area contributed by atoms with Crippen LogP contribution in [0.25, 0.3) is 0 Å². The van der Waals surface area contributed by atoms with E-state index in [2.05, 4.69) is 33.1 Å². The zero-order valence-electron chi connectivity index (χ0n) is 14.6. The Kier molecular flexibility index (Phi) is 4.41. The smallest absolute Gasteiger partial charge is 0.125 e. The van der Waals surface area contributed by atoms with Crippen LogP contribution in [-0.2, 0) is 18.8 Å². The molecule has 1 aliphatic carbocycles. The number of aromatic nitrogens is 4. The van der Waals surface area contributed by atoms with Gasteiger partial charge in [-0.2, -0.15) is 5.10 Å². The minimum Gasteiger partial charge on any atom is -0.372 e. The third kappa shape index (κ3) is 3.13. The van der Waals surface area contributed by atoms with Gasteiger partial charge in [0.1, 0.15) is 11.9 Å². The van der Waals surface area contributed by atoms with E-state index in [9.17, 15) is 0 Å². The van der Waals surface area contributed by atoms with Crippen molar-refractivity contribution in [3.63, 3.8) is 0 Å². The Bertz CT molecular complexity index is 675. The van der Waals surface area contributed by atoms with Crippen molar-refractivity contribution in [2.45, 2.75) is 37.8 Å². The Morgan fingerprint density at radius 1 is 1.29 bits per heavy atom. The summed E-state index contributed by atoms with van der Waals surface area (Å²) in [6.07, 6.45) is 10.9. The van der Waals surface area contributed by atoms with Crippen LogP contribution in [0, 0.1) is 11.8 Å². The SMILES string of the molecule is Cn1ccnc1C(NC[C@@H]1CCCO[C@H]1c1ccnn1C)C1CC1. The number of imidazole rings is 1. The minimum atomic E-state index is 0.139. The van der Waals surface area contributed by atoms with Crippen molar-refractivity contribution >= 4 is 0 Å². The molecule has 2 aromatic heterocycles. The average molecular weight is 329 g/mol. The fourth-order valence-electron chi connectivity index (χ4n) is 3.90. The molecule has 0 amide bonds. The zero-order valence-corrected chi connectivity index (χ0v) is 14.6. The molecule has 6 nitrogen and oxygen atoms in total. The van der Waals surface area contributed by atoms with Crippen LogP contribution in [0.4, 0.5) is 0 Å². The van der Waals surface area contributed by atoms with Gasteiger partial charge in [-0.1, -0.05) is 0 Å². The maximum atomic E-state index is 6.12. The molecule has 0 spiro atoms. The van der Waals surface area contributed by atoms with Crippen molar-refractivity contribution in [1.29, 1.82) is 0 Å². The molecule has 24 heavy (non-hydrogen) atoms. The highest BCUT2D eigenvalue weighted by Gasteiger charge is 2.36. The molecule has 1 aliphatic heterocycles. The Morgan fingerprint density at radius 3 is 2.83 bits per heavy atom. The fraction of sp³-hybridized carbons (Fsp3) is 0.667. The lowest BCUT2D eigenvalue weighted by atomic mass is 9.91. The molecule has 1 saturated carbocycles.